The predicted molar refractivity (Wildman–Crippen MR) is 68.6 cm³/mol. The van der Waals surface area contributed by atoms with Gasteiger partial charge in [0.15, 0.2) is 5.75 Å². The molecule has 2 aromatic carbocycles. The average Bonchev–Trinajstić information content (AvgIpc) is 2.80. The molecule has 1 N–H and O–H groups in total. The van der Waals surface area contributed by atoms with Crippen molar-refractivity contribution in [2.45, 2.75) is 6.61 Å². The van der Waals surface area contributed by atoms with Crippen LogP contribution in [0.25, 0.3) is 11.0 Å². The van der Waals surface area contributed by atoms with Crippen LogP contribution in [0.2, 0.25) is 0 Å². The molecule has 1 heterocycles. The molecule has 0 saturated heterocycles. The standard InChI is InChI=1S/C15H11FO3/c16-11-3-1-10(2-4-11)8-18-12-5-6-15-13(7-12)14(17)9-19-15/h1-7,9,17H,8H2. The molecule has 0 aliphatic heterocycles. The first-order valence-electron chi connectivity index (χ1n) is 5.80. The molecule has 3 nitrogen and oxygen atoms in total. The quantitative estimate of drug-likeness (QED) is 0.775. The molecule has 0 unspecified atom stereocenters. The summed E-state index contributed by atoms with van der Waals surface area (Å²) in [5.74, 6) is 0.434. The van der Waals surface area contributed by atoms with Gasteiger partial charge in [-0.3, -0.25) is 0 Å². The van der Waals surface area contributed by atoms with Gasteiger partial charge in [-0.25, -0.2) is 4.39 Å². The zero-order valence-corrected chi connectivity index (χ0v) is 9.97. The minimum Gasteiger partial charge on any atom is -0.504 e. The van der Waals surface area contributed by atoms with Crippen molar-refractivity contribution in [3.8, 4) is 11.5 Å². The van der Waals surface area contributed by atoms with Gasteiger partial charge in [0, 0.05) is 0 Å². The maximum absolute atomic E-state index is 12.8. The van der Waals surface area contributed by atoms with Crippen LogP contribution >= 0.6 is 0 Å². The van der Waals surface area contributed by atoms with Gasteiger partial charge < -0.3 is 14.3 Å². The van der Waals surface area contributed by atoms with Gasteiger partial charge in [0.05, 0.1) is 5.39 Å². The Morgan fingerprint density at radius 3 is 2.68 bits per heavy atom. The maximum Gasteiger partial charge on any atom is 0.161 e. The number of ether oxygens (including phenoxy) is 1. The zero-order chi connectivity index (χ0) is 13.2. The van der Waals surface area contributed by atoms with E-state index in [1.807, 2.05) is 0 Å². The van der Waals surface area contributed by atoms with Crippen LogP contribution in [0.4, 0.5) is 4.39 Å². The van der Waals surface area contributed by atoms with E-state index in [0.717, 1.165) is 5.56 Å². The van der Waals surface area contributed by atoms with Crippen LogP contribution in [-0.4, -0.2) is 5.11 Å². The number of rotatable bonds is 3. The van der Waals surface area contributed by atoms with Gasteiger partial charge >= 0.3 is 0 Å². The van der Waals surface area contributed by atoms with Crippen molar-refractivity contribution in [2.24, 2.45) is 0 Å². The Hall–Kier alpha value is -2.49. The summed E-state index contributed by atoms with van der Waals surface area (Å²) >= 11 is 0. The number of furan rings is 1. The summed E-state index contributed by atoms with van der Waals surface area (Å²) in [7, 11) is 0. The van der Waals surface area contributed by atoms with Gasteiger partial charge in [-0.05, 0) is 35.9 Å². The van der Waals surface area contributed by atoms with Crippen molar-refractivity contribution in [2.75, 3.05) is 0 Å². The topological polar surface area (TPSA) is 42.6 Å². The number of halogens is 1. The second kappa shape index (κ2) is 4.65. The molecule has 0 radical (unpaired) electrons. The third-order valence-corrected chi connectivity index (χ3v) is 2.84. The average molecular weight is 258 g/mol. The normalized spacial score (nSPS) is 10.8. The maximum atomic E-state index is 12.8. The number of hydrogen-bond donors (Lipinski definition) is 1. The minimum atomic E-state index is -0.270. The van der Waals surface area contributed by atoms with E-state index in [4.69, 9.17) is 9.15 Å². The second-order valence-electron chi connectivity index (χ2n) is 4.19. The van der Waals surface area contributed by atoms with Gasteiger partial charge in [-0.15, -0.1) is 0 Å². The zero-order valence-electron chi connectivity index (χ0n) is 9.97. The Morgan fingerprint density at radius 1 is 1.11 bits per heavy atom. The molecule has 0 spiro atoms. The highest BCUT2D eigenvalue weighted by Crippen LogP contribution is 2.30. The molecule has 0 saturated carbocycles. The molecule has 0 fully saturated rings. The Balaban J connectivity index is 1.77. The molecule has 0 atom stereocenters. The fraction of sp³-hybridized carbons (Fsp3) is 0.0667. The first-order valence-corrected chi connectivity index (χ1v) is 5.80. The molecular formula is C15H11FO3. The Labute approximate surface area is 108 Å². The molecule has 4 heteroatoms. The number of benzene rings is 2. The molecule has 96 valence electrons. The predicted octanol–water partition coefficient (Wildman–Crippen LogP) is 3.86. The molecule has 0 aliphatic carbocycles. The van der Waals surface area contributed by atoms with E-state index in [0.29, 0.717) is 23.3 Å². The summed E-state index contributed by atoms with van der Waals surface area (Å²) in [6.07, 6.45) is 1.29. The minimum absolute atomic E-state index is 0.0854. The number of aromatic hydroxyl groups is 1. The lowest BCUT2D eigenvalue weighted by Crippen LogP contribution is -1.95. The molecule has 0 bridgehead atoms. The fourth-order valence-corrected chi connectivity index (χ4v) is 1.83. The van der Waals surface area contributed by atoms with Crippen molar-refractivity contribution < 1.29 is 18.7 Å². The fourth-order valence-electron chi connectivity index (χ4n) is 1.83. The molecule has 19 heavy (non-hydrogen) atoms. The van der Waals surface area contributed by atoms with Crippen molar-refractivity contribution >= 4 is 11.0 Å². The summed E-state index contributed by atoms with van der Waals surface area (Å²) in [5, 5.41) is 10.2. The summed E-state index contributed by atoms with van der Waals surface area (Å²) < 4.78 is 23.5. The van der Waals surface area contributed by atoms with Crippen molar-refractivity contribution in [3.63, 3.8) is 0 Å². The van der Waals surface area contributed by atoms with E-state index in [2.05, 4.69) is 0 Å². The van der Waals surface area contributed by atoms with Gasteiger partial charge in [-0.1, -0.05) is 12.1 Å². The number of fused-ring (bicyclic) bond motifs is 1. The SMILES string of the molecule is Oc1coc2ccc(OCc3ccc(F)cc3)cc12. The Kier molecular flexibility index (Phi) is 2.83. The van der Waals surface area contributed by atoms with Crippen LogP contribution < -0.4 is 4.74 Å². The third kappa shape index (κ3) is 2.38. The van der Waals surface area contributed by atoms with E-state index in [1.165, 1.54) is 18.4 Å². The van der Waals surface area contributed by atoms with Crippen LogP contribution in [0.1, 0.15) is 5.56 Å². The van der Waals surface area contributed by atoms with Gasteiger partial charge in [0.2, 0.25) is 0 Å². The smallest absolute Gasteiger partial charge is 0.161 e. The van der Waals surface area contributed by atoms with Gasteiger partial charge in [-0.2, -0.15) is 0 Å². The van der Waals surface area contributed by atoms with E-state index < -0.39 is 0 Å². The van der Waals surface area contributed by atoms with Crippen molar-refractivity contribution in [1.82, 2.24) is 0 Å². The first-order chi connectivity index (χ1) is 9.22. The van der Waals surface area contributed by atoms with Crippen LogP contribution in [0, 0.1) is 5.82 Å². The lowest BCUT2D eigenvalue weighted by Gasteiger charge is -2.06. The van der Waals surface area contributed by atoms with Crippen LogP contribution in [0.15, 0.2) is 53.1 Å². The highest BCUT2D eigenvalue weighted by atomic mass is 19.1. The van der Waals surface area contributed by atoms with Crippen molar-refractivity contribution in [3.05, 3.63) is 60.1 Å². The molecular weight excluding hydrogens is 247 g/mol. The lowest BCUT2D eigenvalue weighted by molar-refractivity contribution is 0.306. The Bertz CT molecular complexity index is 701. The molecule has 3 rings (SSSR count). The third-order valence-electron chi connectivity index (χ3n) is 2.84. The summed E-state index contributed by atoms with van der Waals surface area (Å²) in [6, 6.07) is 11.3. The largest absolute Gasteiger partial charge is 0.504 e. The Morgan fingerprint density at radius 2 is 1.89 bits per heavy atom. The monoisotopic (exact) mass is 258 g/mol. The first kappa shape index (κ1) is 11.6. The van der Waals surface area contributed by atoms with E-state index in [-0.39, 0.29) is 11.6 Å². The number of hydrogen-bond acceptors (Lipinski definition) is 3. The van der Waals surface area contributed by atoms with Crippen LogP contribution in [0.3, 0.4) is 0 Å². The summed E-state index contributed by atoms with van der Waals surface area (Å²) in [5.41, 5.74) is 1.48. The molecule has 0 aliphatic rings. The lowest BCUT2D eigenvalue weighted by atomic mass is 10.2. The van der Waals surface area contributed by atoms with Crippen LogP contribution in [-0.2, 0) is 6.61 Å². The second-order valence-corrected chi connectivity index (χ2v) is 4.19. The van der Waals surface area contributed by atoms with E-state index >= 15 is 0 Å². The molecule has 0 amide bonds. The van der Waals surface area contributed by atoms with E-state index in [9.17, 15) is 9.50 Å². The highest BCUT2D eigenvalue weighted by Gasteiger charge is 2.06. The summed E-state index contributed by atoms with van der Waals surface area (Å²) in [4.78, 5) is 0. The van der Waals surface area contributed by atoms with Crippen molar-refractivity contribution in [1.29, 1.82) is 0 Å². The highest BCUT2D eigenvalue weighted by molar-refractivity contribution is 5.84. The van der Waals surface area contributed by atoms with E-state index in [1.54, 1.807) is 30.3 Å². The molecule has 1 aromatic heterocycles. The van der Waals surface area contributed by atoms with Crippen LogP contribution in [0.5, 0.6) is 11.5 Å². The molecule has 3 aromatic rings. The summed E-state index contributed by atoms with van der Waals surface area (Å²) in [6.45, 7) is 0.338. The van der Waals surface area contributed by atoms with Gasteiger partial charge in [0.1, 0.15) is 30.0 Å². The van der Waals surface area contributed by atoms with Gasteiger partial charge in [0.25, 0.3) is 0 Å².